The van der Waals surface area contributed by atoms with E-state index < -0.39 is 10.0 Å². The molecule has 1 aliphatic carbocycles. The molecule has 3 rings (SSSR count). The Morgan fingerprint density at radius 3 is 2.64 bits per heavy atom. The fourth-order valence-corrected chi connectivity index (χ4v) is 5.61. The van der Waals surface area contributed by atoms with Crippen molar-refractivity contribution in [3.05, 3.63) is 0 Å². The van der Waals surface area contributed by atoms with Gasteiger partial charge in [0.2, 0.25) is 10.0 Å². The molecule has 2 atom stereocenters. The van der Waals surface area contributed by atoms with Crippen molar-refractivity contribution in [1.82, 2.24) is 14.9 Å². The van der Waals surface area contributed by atoms with Crippen LogP contribution in [0.4, 0.5) is 0 Å². The van der Waals surface area contributed by atoms with Crippen molar-refractivity contribution in [2.75, 3.05) is 38.5 Å². The standard InChI is InChI=1S/C16H31N3O2S/c1-2-22(20,21)18-15-4-3-6-16(15)7-10-19(11-8-16)13-14-5-9-17-12-14/h14-15,17-18H,2-13H2,1H3/t14-,15+/m1/s1. The summed E-state index contributed by atoms with van der Waals surface area (Å²) in [6, 6.07) is 0.174. The number of hydrogen-bond donors (Lipinski definition) is 2. The van der Waals surface area contributed by atoms with Gasteiger partial charge in [0.15, 0.2) is 0 Å². The van der Waals surface area contributed by atoms with Crippen LogP contribution in [0.1, 0.15) is 45.4 Å². The summed E-state index contributed by atoms with van der Waals surface area (Å²) in [6.07, 6.45) is 7.01. The van der Waals surface area contributed by atoms with Crippen LogP contribution in [0.3, 0.4) is 0 Å². The van der Waals surface area contributed by atoms with Gasteiger partial charge in [0.05, 0.1) is 5.75 Å². The zero-order valence-corrected chi connectivity index (χ0v) is 14.6. The van der Waals surface area contributed by atoms with Crippen LogP contribution in [-0.4, -0.2) is 57.8 Å². The van der Waals surface area contributed by atoms with E-state index in [1.807, 2.05) is 0 Å². The Labute approximate surface area is 135 Å². The first-order valence-corrected chi connectivity index (χ1v) is 10.6. The Hall–Kier alpha value is -0.170. The molecule has 0 bridgehead atoms. The molecule has 3 aliphatic rings. The second-order valence-electron chi connectivity index (χ2n) is 7.49. The lowest BCUT2D eigenvalue weighted by molar-refractivity contribution is 0.0818. The number of sulfonamides is 1. The highest BCUT2D eigenvalue weighted by atomic mass is 32.2. The van der Waals surface area contributed by atoms with Crippen LogP contribution in [-0.2, 0) is 10.0 Å². The zero-order chi connectivity index (χ0) is 15.6. The van der Waals surface area contributed by atoms with Crippen molar-refractivity contribution in [2.45, 2.75) is 51.5 Å². The number of piperidine rings is 1. The number of nitrogens with one attached hydrogen (secondary N) is 2. The fourth-order valence-electron chi connectivity index (χ4n) is 4.64. The molecule has 128 valence electrons. The van der Waals surface area contributed by atoms with Gasteiger partial charge in [-0.2, -0.15) is 0 Å². The van der Waals surface area contributed by atoms with E-state index in [4.69, 9.17) is 0 Å². The van der Waals surface area contributed by atoms with E-state index in [1.165, 1.54) is 38.9 Å². The van der Waals surface area contributed by atoms with Gasteiger partial charge in [-0.05, 0) is 76.5 Å². The highest BCUT2D eigenvalue weighted by molar-refractivity contribution is 7.89. The molecule has 0 radical (unpaired) electrons. The Morgan fingerprint density at radius 2 is 2.00 bits per heavy atom. The van der Waals surface area contributed by atoms with Gasteiger partial charge in [-0.25, -0.2) is 13.1 Å². The largest absolute Gasteiger partial charge is 0.316 e. The van der Waals surface area contributed by atoms with Gasteiger partial charge in [-0.3, -0.25) is 0 Å². The molecule has 0 aromatic rings. The predicted octanol–water partition coefficient (Wildman–Crippen LogP) is 1.17. The topological polar surface area (TPSA) is 61.4 Å². The van der Waals surface area contributed by atoms with E-state index in [2.05, 4.69) is 14.9 Å². The third-order valence-corrected chi connectivity index (χ3v) is 7.54. The molecule has 2 aliphatic heterocycles. The Morgan fingerprint density at radius 1 is 1.23 bits per heavy atom. The Balaban J connectivity index is 1.55. The molecule has 1 saturated carbocycles. The number of nitrogens with zero attached hydrogens (tertiary/aromatic N) is 1. The van der Waals surface area contributed by atoms with Crippen LogP contribution in [0.2, 0.25) is 0 Å². The summed E-state index contributed by atoms with van der Waals surface area (Å²) in [5.41, 5.74) is 0.229. The summed E-state index contributed by atoms with van der Waals surface area (Å²) in [5.74, 6) is 1.01. The molecule has 0 aromatic heterocycles. The van der Waals surface area contributed by atoms with Crippen molar-refractivity contribution in [2.24, 2.45) is 11.3 Å². The predicted molar refractivity (Wildman–Crippen MR) is 89.3 cm³/mol. The highest BCUT2D eigenvalue weighted by Crippen LogP contribution is 2.46. The van der Waals surface area contributed by atoms with Gasteiger partial charge in [0, 0.05) is 12.6 Å². The van der Waals surface area contributed by atoms with Crippen molar-refractivity contribution in [3.63, 3.8) is 0 Å². The third kappa shape index (κ3) is 3.66. The van der Waals surface area contributed by atoms with E-state index in [-0.39, 0.29) is 17.2 Å². The summed E-state index contributed by atoms with van der Waals surface area (Å²) < 4.78 is 26.9. The van der Waals surface area contributed by atoms with Crippen LogP contribution in [0.25, 0.3) is 0 Å². The van der Waals surface area contributed by atoms with E-state index in [0.717, 1.165) is 38.3 Å². The molecule has 1 spiro atoms. The van der Waals surface area contributed by atoms with E-state index >= 15 is 0 Å². The minimum atomic E-state index is -3.08. The van der Waals surface area contributed by atoms with Crippen molar-refractivity contribution < 1.29 is 8.42 Å². The van der Waals surface area contributed by atoms with Crippen molar-refractivity contribution in [1.29, 1.82) is 0 Å². The number of rotatable bonds is 5. The molecule has 2 saturated heterocycles. The number of likely N-dealkylation sites (tertiary alicyclic amines) is 1. The van der Waals surface area contributed by atoms with Gasteiger partial charge in [0.25, 0.3) is 0 Å². The monoisotopic (exact) mass is 329 g/mol. The zero-order valence-electron chi connectivity index (χ0n) is 13.8. The molecule has 2 N–H and O–H groups in total. The van der Waals surface area contributed by atoms with Gasteiger partial charge in [0.1, 0.15) is 0 Å². The summed E-state index contributed by atoms with van der Waals surface area (Å²) in [6.45, 7) is 7.56. The minimum Gasteiger partial charge on any atom is -0.316 e. The lowest BCUT2D eigenvalue weighted by atomic mass is 9.74. The van der Waals surface area contributed by atoms with E-state index in [1.54, 1.807) is 6.92 Å². The summed E-state index contributed by atoms with van der Waals surface area (Å²) >= 11 is 0. The second kappa shape index (κ2) is 6.75. The van der Waals surface area contributed by atoms with Crippen molar-refractivity contribution >= 4 is 10.0 Å². The Kier molecular flexibility index (Phi) is 5.12. The molecule has 5 nitrogen and oxygen atoms in total. The Bertz CT molecular complexity index is 466. The maximum atomic E-state index is 11.9. The maximum Gasteiger partial charge on any atom is 0.211 e. The van der Waals surface area contributed by atoms with Crippen LogP contribution in [0, 0.1) is 11.3 Å². The lowest BCUT2D eigenvalue weighted by Crippen LogP contribution is -2.51. The molecule has 3 fully saturated rings. The summed E-state index contributed by atoms with van der Waals surface area (Å²) in [4.78, 5) is 2.60. The fraction of sp³-hybridized carbons (Fsp3) is 1.00. The molecule has 22 heavy (non-hydrogen) atoms. The number of hydrogen-bond acceptors (Lipinski definition) is 4. The maximum absolute atomic E-state index is 11.9. The van der Waals surface area contributed by atoms with Crippen LogP contribution in [0.5, 0.6) is 0 Å². The molecule has 0 unspecified atom stereocenters. The molecule has 0 amide bonds. The first kappa shape index (κ1) is 16.7. The second-order valence-corrected chi connectivity index (χ2v) is 9.53. The molecular formula is C16H31N3O2S. The van der Waals surface area contributed by atoms with E-state index in [9.17, 15) is 8.42 Å². The average Bonchev–Trinajstić information content (AvgIpc) is 3.13. The lowest BCUT2D eigenvalue weighted by Gasteiger charge is -2.43. The SMILES string of the molecule is CCS(=O)(=O)N[C@H]1CCCC12CCN(C[C@@H]1CCNC1)CC2. The minimum absolute atomic E-state index is 0.174. The highest BCUT2D eigenvalue weighted by Gasteiger charge is 2.45. The van der Waals surface area contributed by atoms with E-state index in [0.29, 0.717) is 0 Å². The molecule has 2 heterocycles. The molecular weight excluding hydrogens is 298 g/mol. The normalized spacial score (nSPS) is 32.8. The first-order chi connectivity index (χ1) is 10.5. The van der Waals surface area contributed by atoms with Crippen LogP contribution in [0.15, 0.2) is 0 Å². The van der Waals surface area contributed by atoms with Gasteiger partial charge in [-0.1, -0.05) is 6.42 Å². The third-order valence-electron chi connectivity index (χ3n) is 6.14. The molecule has 6 heteroatoms. The summed E-state index contributed by atoms with van der Waals surface area (Å²) in [7, 11) is -3.08. The quantitative estimate of drug-likeness (QED) is 0.795. The van der Waals surface area contributed by atoms with Crippen molar-refractivity contribution in [3.8, 4) is 0 Å². The van der Waals surface area contributed by atoms with Gasteiger partial charge < -0.3 is 10.2 Å². The average molecular weight is 330 g/mol. The molecule has 0 aromatic carbocycles. The summed E-state index contributed by atoms with van der Waals surface area (Å²) in [5, 5.41) is 3.45. The smallest absolute Gasteiger partial charge is 0.211 e. The van der Waals surface area contributed by atoms with Gasteiger partial charge in [-0.15, -0.1) is 0 Å². The van der Waals surface area contributed by atoms with Crippen LogP contribution >= 0.6 is 0 Å². The van der Waals surface area contributed by atoms with Crippen LogP contribution < -0.4 is 10.0 Å². The first-order valence-electron chi connectivity index (χ1n) is 8.96. The van der Waals surface area contributed by atoms with Gasteiger partial charge >= 0.3 is 0 Å².